The SMILES string of the molecule is COc1ccc(Br)c(CC2(CNC3CC3)CC2)c1. The molecule has 0 saturated heterocycles. The number of hydrogen-bond donors (Lipinski definition) is 1. The summed E-state index contributed by atoms with van der Waals surface area (Å²) in [5, 5.41) is 3.68. The average molecular weight is 310 g/mol. The Kier molecular flexibility index (Phi) is 3.37. The zero-order valence-electron chi connectivity index (χ0n) is 10.8. The number of rotatable bonds is 6. The molecule has 18 heavy (non-hydrogen) atoms. The van der Waals surface area contributed by atoms with Gasteiger partial charge in [-0.15, -0.1) is 0 Å². The van der Waals surface area contributed by atoms with Crippen molar-refractivity contribution < 1.29 is 4.74 Å². The van der Waals surface area contributed by atoms with E-state index in [-0.39, 0.29) is 0 Å². The smallest absolute Gasteiger partial charge is 0.119 e. The maximum absolute atomic E-state index is 5.32. The first-order valence-corrected chi connectivity index (χ1v) is 7.56. The van der Waals surface area contributed by atoms with E-state index in [1.807, 2.05) is 6.07 Å². The first-order valence-electron chi connectivity index (χ1n) is 6.77. The van der Waals surface area contributed by atoms with E-state index in [1.54, 1.807) is 7.11 Å². The maximum atomic E-state index is 5.32. The van der Waals surface area contributed by atoms with E-state index in [9.17, 15) is 0 Å². The Balaban J connectivity index is 1.67. The summed E-state index contributed by atoms with van der Waals surface area (Å²) in [5.41, 5.74) is 1.89. The molecule has 2 aliphatic rings. The fourth-order valence-corrected chi connectivity index (χ4v) is 2.85. The van der Waals surface area contributed by atoms with Gasteiger partial charge in [0.2, 0.25) is 0 Å². The summed E-state index contributed by atoms with van der Waals surface area (Å²) < 4.78 is 6.53. The third-order valence-electron chi connectivity index (χ3n) is 4.12. The van der Waals surface area contributed by atoms with E-state index >= 15 is 0 Å². The predicted octanol–water partition coefficient (Wildman–Crippen LogP) is 3.53. The van der Waals surface area contributed by atoms with Gasteiger partial charge >= 0.3 is 0 Å². The lowest BCUT2D eigenvalue weighted by atomic mass is 9.96. The minimum absolute atomic E-state index is 0.511. The summed E-state index contributed by atoms with van der Waals surface area (Å²) in [6.07, 6.45) is 6.62. The molecule has 0 spiro atoms. The van der Waals surface area contributed by atoms with Gasteiger partial charge in [-0.1, -0.05) is 15.9 Å². The van der Waals surface area contributed by atoms with E-state index < -0.39 is 0 Å². The van der Waals surface area contributed by atoms with Crippen LogP contribution in [0.15, 0.2) is 22.7 Å². The van der Waals surface area contributed by atoms with Crippen molar-refractivity contribution in [2.75, 3.05) is 13.7 Å². The van der Waals surface area contributed by atoms with Crippen LogP contribution in [0.1, 0.15) is 31.2 Å². The lowest BCUT2D eigenvalue weighted by Gasteiger charge is -2.17. The zero-order valence-corrected chi connectivity index (χ0v) is 12.4. The second kappa shape index (κ2) is 4.86. The van der Waals surface area contributed by atoms with Crippen LogP contribution in [0.25, 0.3) is 0 Å². The molecule has 2 nitrogen and oxygen atoms in total. The molecule has 0 heterocycles. The van der Waals surface area contributed by atoms with Crippen LogP contribution in [0, 0.1) is 5.41 Å². The number of hydrogen-bond acceptors (Lipinski definition) is 2. The van der Waals surface area contributed by atoms with Crippen LogP contribution in [0.5, 0.6) is 5.75 Å². The molecule has 2 aliphatic carbocycles. The molecule has 3 rings (SSSR count). The van der Waals surface area contributed by atoms with Crippen molar-refractivity contribution in [2.45, 2.75) is 38.1 Å². The summed E-state index contributed by atoms with van der Waals surface area (Å²) >= 11 is 3.66. The molecule has 0 radical (unpaired) electrons. The Morgan fingerprint density at radius 1 is 1.39 bits per heavy atom. The Labute approximate surface area is 117 Å². The normalized spacial score (nSPS) is 20.8. The highest BCUT2D eigenvalue weighted by Gasteiger charge is 2.43. The molecule has 0 aliphatic heterocycles. The molecule has 1 aromatic rings. The van der Waals surface area contributed by atoms with Gasteiger partial charge < -0.3 is 10.1 Å². The number of benzene rings is 1. The molecule has 2 fully saturated rings. The van der Waals surface area contributed by atoms with E-state index in [0.29, 0.717) is 5.41 Å². The van der Waals surface area contributed by atoms with Crippen molar-refractivity contribution in [3.63, 3.8) is 0 Å². The Morgan fingerprint density at radius 3 is 2.78 bits per heavy atom. The minimum atomic E-state index is 0.511. The second-order valence-electron chi connectivity index (χ2n) is 5.79. The van der Waals surface area contributed by atoms with Crippen molar-refractivity contribution in [1.29, 1.82) is 0 Å². The van der Waals surface area contributed by atoms with Gasteiger partial charge in [0, 0.05) is 17.1 Å². The number of methoxy groups -OCH3 is 1. The number of halogens is 1. The van der Waals surface area contributed by atoms with Gasteiger partial charge in [0.25, 0.3) is 0 Å². The number of nitrogens with one attached hydrogen (secondary N) is 1. The third kappa shape index (κ3) is 2.89. The summed E-state index contributed by atoms with van der Waals surface area (Å²) in [7, 11) is 1.73. The van der Waals surface area contributed by atoms with Crippen LogP contribution in [0.2, 0.25) is 0 Å². The molecule has 0 amide bonds. The zero-order chi connectivity index (χ0) is 12.6. The molecule has 0 atom stereocenters. The Bertz CT molecular complexity index is 438. The van der Waals surface area contributed by atoms with Crippen molar-refractivity contribution in [3.8, 4) is 5.75 Å². The minimum Gasteiger partial charge on any atom is -0.497 e. The Morgan fingerprint density at radius 2 is 2.17 bits per heavy atom. The van der Waals surface area contributed by atoms with E-state index in [1.165, 1.54) is 42.3 Å². The van der Waals surface area contributed by atoms with Crippen molar-refractivity contribution in [3.05, 3.63) is 28.2 Å². The summed E-state index contributed by atoms with van der Waals surface area (Å²) in [5.74, 6) is 0.958. The molecule has 0 aromatic heterocycles. The molecule has 1 aromatic carbocycles. The largest absolute Gasteiger partial charge is 0.497 e. The lowest BCUT2D eigenvalue weighted by molar-refractivity contribution is 0.412. The maximum Gasteiger partial charge on any atom is 0.119 e. The first-order chi connectivity index (χ1) is 8.71. The van der Waals surface area contributed by atoms with Crippen molar-refractivity contribution in [2.24, 2.45) is 5.41 Å². The van der Waals surface area contributed by atoms with Crippen LogP contribution in [0.4, 0.5) is 0 Å². The highest BCUT2D eigenvalue weighted by atomic mass is 79.9. The highest BCUT2D eigenvalue weighted by molar-refractivity contribution is 9.10. The quantitative estimate of drug-likeness (QED) is 0.868. The Hall–Kier alpha value is -0.540. The van der Waals surface area contributed by atoms with E-state index in [4.69, 9.17) is 4.74 Å². The summed E-state index contributed by atoms with van der Waals surface area (Å²) in [6, 6.07) is 7.09. The van der Waals surface area contributed by atoms with Crippen LogP contribution in [-0.2, 0) is 6.42 Å². The van der Waals surface area contributed by atoms with Gasteiger partial charge in [-0.05, 0) is 61.3 Å². The van der Waals surface area contributed by atoms with Gasteiger partial charge in [-0.25, -0.2) is 0 Å². The molecular formula is C15H20BrNO. The molecule has 0 bridgehead atoms. The molecular weight excluding hydrogens is 290 g/mol. The van der Waals surface area contributed by atoms with E-state index in [0.717, 1.165) is 18.2 Å². The average Bonchev–Trinajstić information content (AvgIpc) is 3.25. The first kappa shape index (κ1) is 12.5. The van der Waals surface area contributed by atoms with E-state index in [2.05, 4.69) is 33.4 Å². The van der Waals surface area contributed by atoms with Crippen LogP contribution in [-0.4, -0.2) is 19.7 Å². The van der Waals surface area contributed by atoms with Crippen molar-refractivity contribution >= 4 is 15.9 Å². The van der Waals surface area contributed by atoms with Gasteiger partial charge in [-0.2, -0.15) is 0 Å². The monoisotopic (exact) mass is 309 g/mol. The molecule has 0 unspecified atom stereocenters. The molecule has 98 valence electrons. The fraction of sp³-hybridized carbons (Fsp3) is 0.600. The molecule has 3 heteroatoms. The van der Waals surface area contributed by atoms with Crippen LogP contribution < -0.4 is 10.1 Å². The van der Waals surface area contributed by atoms with Crippen LogP contribution in [0.3, 0.4) is 0 Å². The van der Waals surface area contributed by atoms with Crippen molar-refractivity contribution in [1.82, 2.24) is 5.32 Å². The van der Waals surface area contributed by atoms with Crippen LogP contribution >= 0.6 is 15.9 Å². The number of ether oxygens (including phenoxy) is 1. The van der Waals surface area contributed by atoms with Gasteiger partial charge in [0.15, 0.2) is 0 Å². The topological polar surface area (TPSA) is 21.3 Å². The highest BCUT2D eigenvalue weighted by Crippen LogP contribution is 2.49. The lowest BCUT2D eigenvalue weighted by Crippen LogP contribution is -2.27. The fourth-order valence-electron chi connectivity index (χ4n) is 2.46. The summed E-state index contributed by atoms with van der Waals surface area (Å²) in [6.45, 7) is 1.18. The summed E-state index contributed by atoms with van der Waals surface area (Å²) in [4.78, 5) is 0. The predicted molar refractivity (Wildman–Crippen MR) is 77.1 cm³/mol. The van der Waals surface area contributed by atoms with Gasteiger partial charge in [0.05, 0.1) is 7.11 Å². The van der Waals surface area contributed by atoms with Gasteiger partial charge in [0.1, 0.15) is 5.75 Å². The standard InChI is InChI=1S/C15H20BrNO/c1-18-13-4-5-14(16)11(8-13)9-15(6-7-15)10-17-12-2-3-12/h4-5,8,12,17H,2-3,6-7,9-10H2,1H3. The third-order valence-corrected chi connectivity index (χ3v) is 4.89. The molecule has 1 N–H and O–H groups in total. The second-order valence-corrected chi connectivity index (χ2v) is 6.64. The molecule has 2 saturated carbocycles. The van der Waals surface area contributed by atoms with Gasteiger partial charge in [-0.3, -0.25) is 0 Å².